The predicted octanol–water partition coefficient (Wildman–Crippen LogP) is 2.57. The molecule has 2 heterocycles. The normalized spacial score (nSPS) is 18.3. The smallest absolute Gasteiger partial charge is 0.311 e. The molecule has 1 aromatic carbocycles. The fourth-order valence-corrected chi connectivity index (χ4v) is 5.04. The van der Waals surface area contributed by atoms with E-state index in [-0.39, 0.29) is 33.9 Å². The Morgan fingerprint density at radius 1 is 1.23 bits per heavy atom. The molecule has 2 atom stereocenters. The van der Waals surface area contributed by atoms with E-state index in [4.69, 9.17) is 5.11 Å². The van der Waals surface area contributed by atoms with Crippen LogP contribution in [0, 0.1) is 16.0 Å². The van der Waals surface area contributed by atoms with Gasteiger partial charge in [0.1, 0.15) is 18.2 Å². The number of aliphatic hydroxyl groups excluding tert-OH is 1. The van der Waals surface area contributed by atoms with Crippen LogP contribution in [-0.4, -0.2) is 46.8 Å². The SMILES string of the molecule is CO.O=CC1CCC(Nc2c([N+](=O)[O-])cnc3c2ccn3S(=O)(=O)c2ccccc2)C1. The molecular formula is C20H22N4O6S. The van der Waals surface area contributed by atoms with E-state index in [0.29, 0.717) is 24.6 Å². The minimum absolute atomic E-state index is 0.0769. The summed E-state index contributed by atoms with van der Waals surface area (Å²) in [6.45, 7) is 0. The zero-order valence-corrected chi connectivity index (χ0v) is 17.5. The van der Waals surface area contributed by atoms with Gasteiger partial charge >= 0.3 is 5.69 Å². The van der Waals surface area contributed by atoms with Crippen LogP contribution in [-0.2, 0) is 14.8 Å². The van der Waals surface area contributed by atoms with E-state index in [2.05, 4.69) is 10.3 Å². The second-order valence-electron chi connectivity index (χ2n) is 6.99. The number of fused-ring (bicyclic) bond motifs is 1. The maximum absolute atomic E-state index is 13.0. The van der Waals surface area contributed by atoms with Crippen molar-refractivity contribution in [3.8, 4) is 0 Å². The van der Waals surface area contributed by atoms with Crippen molar-refractivity contribution in [3.63, 3.8) is 0 Å². The molecule has 31 heavy (non-hydrogen) atoms. The number of benzene rings is 1. The Morgan fingerprint density at radius 3 is 2.55 bits per heavy atom. The Hall–Kier alpha value is -3.31. The standard InChI is InChI=1S/C19H18N4O5S.CH4O/c24-12-13-6-7-14(10-13)21-18-16-8-9-22(19(16)20-11-17(18)23(25)26)29(27,28)15-4-2-1-3-5-15;1-2/h1-5,8-9,11-14H,6-7,10H2,(H,20,21);2H,1H3. The van der Waals surface area contributed by atoms with Crippen LogP contribution in [0.4, 0.5) is 11.4 Å². The number of hydrogen-bond donors (Lipinski definition) is 2. The van der Waals surface area contributed by atoms with Crippen molar-refractivity contribution >= 4 is 38.7 Å². The Balaban J connectivity index is 0.00000132. The zero-order chi connectivity index (χ0) is 22.6. The van der Waals surface area contributed by atoms with E-state index in [1.807, 2.05) is 0 Å². The average molecular weight is 446 g/mol. The Labute approximate surface area is 178 Å². The Kier molecular flexibility index (Phi) is 6.66. The van der Waals surface area contributed by atoms with Crippen LogP contribution in [0.3, 0.4) is 0 Å². The molecule has 3 aromatic rings. The summed E-state index contributed by atoms with van der Waals surface area (Å²) in [6, 6.07) is 9.30. The van der Waals surface area contributed by atoms with Gasteiger partial charge in [0, 0.05) is 25.3 Å². The molecule has 0 saturated heterocycles. The minimum atomic E-state index is -3.90. The summed E-state index contributed by atoms with van der Waals surface area (Å²) in [4.78, 5) is 26.2. The molecule has 0 radical (unpaired) electrons. The van der Waals surface area contributed by atoms with E-state index < -0.39 is 14.9 Å². The summed E-state index contributed by atoms with van der Waals surface area (Å²) in [7, 11) is -2.90. The number of hydrogen-bond acceptors (Lipinski definition) is 8. The van der Waals surface area contributed by atoms with Gasteiger partial charge in [0.2, 0.25) is 0 Å². The van der Waals surface area contributed by atoms with Gasteiger partial charge in [0.25, 0.3) is 10.0 Å². The maximum atomic E-state index is 13.0. The number of nitro groups is 1. The molecule has 2 unspecified atom stereocenters. The lowest BCUT2D eigenvalue weighted by molar-refractivity contribution is -0.384. The molecule has 1 aliphatic carbocycles. The number of nitrogens with one attached hydrogen (secondary N) is 1. The van der Waals surface area contributed by atoms with Crippen LogP contribution in [0.25, 0.3) is 11.0 Å². The first-order valence-corrected chi connectivity index (χ1v) is 11.0. The maximum Gasteiger partial charge on any atom is 0.311 e. The summed E-state index contributed by atoms with van der Waals surface area (Å²) in [5.41, 5.74) is 0.0901. The molecule has 1 saturated carbocycles. The lowest BCUT2D eigenvalue weighted by atomic mass is 10.1. The summed E-state index contributed by atoms with van der Waals surface area (Å²) in [6.07, 6.45) is 5.31. The minimum Gasteiger partial charge on any atom is -0.400 e. The van der Waals surface area contributed by atoms with Gasteiger partial charge in [-0.2, -0.15) is 0 Å². The predicted molar refractivity (Wildman–Crippen MR) is 114 cm³/mol. The first-order valence-electron chi connectivity index (χ1n) is 9.53. The lowest BCUT2D eigenvalue weighted by Gasteiger charge is -2.15. The van der Waals surface area contributed by atoms with Gasteiger partial charge in [-0.3, -0.25) is 10.1 Å². The number of carbonyl (C=O) groups excluding carboxylic acids is 1. The molecule has 1 aliphatic rings. The highest BCUT2D eigenvalue weighted by molar-refractivity contribution is 7.90. The Bertz CT molecular complexity index is 1190. The fourth-order valence-electron chi connectivity index (χ4n) is 3.72. The third-order valence-corrected chi connectivity index (χ3v) is 6.85. The summed E-state index contributed by atoms with van der Waals surface area (Å²) in [5.74, 6) is -0.0769. The van der Waals surface area contributed by atoms with E-state index in [0.717, 1.165) is 23.6 Å². The number of anilines is 1. The first kappa shape index (κ1) is 22.4. The number of aldehydes is 1. The number of aromatic nitrogens is 2. The van der Waals surface area contributed by atoms with Gasteiger partial charge in [-0.05, 0) is 37.5 Å². The number of rotatable bonds is 6. The molecule has 0 spiro atoms. The van der Waals surface area contributed by atoms with Crippen molar-refractivity contribution in [2.24, 2.45) is 5.92 Å². The molecule has 0 bridgehead atoms. The molecule has 11 heteroatoms. The molecule has 2 aromatic heterocycles. The van der Waals surface area contributed by atoms with Gasteiger partial charge in [0.05, 0.1) is 15.2 Å². The monoisotopic (exact) mass is 446 g/mol. The largest absolute Gasteiger partial charge is 0.400 e. The van der Waals surface area contributed by atoms with E-state index in [1.54, 1.807) is 18.2 Å². The number of aliphatic hydroxyl groups is 1. The number of carbonyl (C=O) groups is 1. The highest BCUT2D eigenvalue weighted by Crippen LogP contribution is 2.36. The molecular weight excluding hydrogens is 424 g/mol. The van der Waals surface area contributed by atoms with Gasteiger partial charge in [-0.1, -0.05) is 18.2 Å². The van der Waals surface area contributed by atoms with E-state index in [1.165, 1.54) is 24.4 Å². The third kappa shape index (κ3) is 4.28. The average Bonchev–Trinajstić information content (AvgIpc) is 3.43. The van der Waals surface area contributed by atoms with Crippen LogP contribution in [0.1, 0.15) is 19.3 Å². The Morgan fingerprint density at radius 2 is 1.94 bits per heavy atom. The molecule has 1 fully saturated rings. The third-order valence-electron chi connectivity index (χ3n) is 5.17. The highest BCUT2D eigenvalue weighted by atomic mass is 32.2. The van der Waals surface area contributed by atoms with E-state index >= 15 is 0 Å². The van der Waals surface area contributed by atoms with Crippen molar-refractivity contribution < 1.29 is 23.2 Å². The second-order valence-corrected chi connectivity index (χ2v) is 8.81. The highest BCUT2D eigenvalue weighted by Gasteiger charge is 2.29. The second kappa shape index (κ2) is 9.23. The van der Waals surface area contributed by atoms with Crippen LogP contribution < -0.4 is 5.32 Å². The van der Waals surface area contributed by atoms with E-state index in [9.17, 15) is 23.3 Å². The van der Waals surface area contributed by atoms with Crippen molar-refractivity contribution in [2.45, 2.75) is 30.2 Å². The van der Waals surface area contributed by atoms with Gasteiger partial charge in [-0.25, -0.2) is 17.4 Å². The topological polar surface area (TPSA) is 144 Å². The van der Waals surface area contributed by atoms with Crippen molar-refractivity contribution in [1.29, 1.82) is 0 Å². The van der Waals surface area contributed by atoms with Crippen molar-refractivity contribution in [2.75, 3.05) is 12.4 Å². The fraction of sp³-hybridized carbons (Fsp3) is 0.300. The summed E-state index contributed by atoms with van der Waals surface area (Å²) in [5, 5.41) is 22.0. The van der Waals surface area contributed by atoms with Crippen LogP contribution in [0.2, 0.25) is 0 Å². The van der Waals surface area contributed by atoms with Gasteiger partial charge in [0.15, 0.2) is 5.65 Å². The van der Waals surface area contributed by atoms with Gasteiger partial charge < -0.3 is 15.2 Å². The van der Waals surface area contributed by atoms with Gasteiger partial charge in [-0.15, -0.1) is 0 Å². The first-order chi connectivity index (χ1) is 14.9. The molecule has 10 nitrogen and oxygen atoms in total. The molecule has 4 rings (SSSR count). The molecule has 0 aliphatic heterocycles. The number of pyridine rings is 1. The summed E-state index contributed by atoms with van der Waals surface area (Å²) < 4.78 is 27.0. The molecule has 2 N–H and O–H groups in total. The van der Waals surface area contributed by atoms with Crippen LogP contribution >= 0.6 is 0 Å². The number of nitrogens with zero attached hydrogens (tertiary/aromatic N) is 3. The van der Waals surface area contributed by atoms with Crippen molar-refractivity contribution in [1.82, 2.24) is 8.96 Å². The molecule has 164 valence electrons. The lowest BCUT2D eigenvalue weighted by Crippen LogP contribution is -2.17. The molecule has 0 amide bonds. The zero-order valence-electron chi connectivity index (χ0n) is 16.7. The summed E-state index contributed by atoms with van der Waals surface area (Å²) >= 11 is 0. The van der Waals surface area contributed by atoms with Crippen LogP contribution in [0.15, 0.2) is 53.7 Å². The van der Waals surface area contributed by atoms with Crippen molar-refractivity contribution in [3.05, 3.63) is 58.9 Å². The quantitative estimate of drug-likeness (QED) is 0.334. The van der Waals surface area contributed by atoms with Crippen LogP contribution in [0.5, 0.6) is 0 Å².